The van der Waals surface area contributed by atoms with Gasteiger partial charge in [0.05, 0.1) is 23.1 Å². The Kier molecular flexibility index (Phi) is 5.11. The quantitative estimate of drug-likeness (QED) is 0.513. The molecule has 3 heterocycles. The second-order valence-electron chi connectivity index (χ2n) is 5.92. The Morgan fingerprint density at radius 1 is 1.30 bits per heavy atom. The van der Waals surface area contributed by atoms with Gasteiger partial charge in [0, 0.05) is 32.1 Å². The van der Waals surface area contributed by atoms with Crippen molar-refractivity contribution in [2.45, 2.75) is 12.5 Å². The first-order valence-electron chi connectivity index (χ1n) is 8.17. The molecule has 0 spiro atoms. The van der Waals surface area contributed by atoms with E-state index < -0.39 is 23.6 Å². The van der Waals surface area contributed by atoms with Gasteiger partial charge in [0.1, 0.15) is 6.04 Å². The number of hydrogen-bond acceptors (Lipinski definition) is 5. The Hall–Kier alpha value is -3.75. The van der Waals surface area contributed by atoms with Gasteiger partial charge in [-0.15, -0.1) is 0 Å². The predicted molar refractivity (Wildman–Crippen MR) is 96.4 cm³/mol. The van der Waals surface area contributed by atoms with E-state index in [9.17, 15) is 14.4 Å². The van der Waals surface area contributed by atoms with Gasteiger partial charge < -0.3 is 16.0 Å². The lowest BCUT2D eigenvalue weighted by molar-refractivity contribution is -0.137. The SMILES string of the molecule is Cn1ncc(C(=O)NC(Cc2cc[nH]c2)C(=O)C(N)=O)c1-c1ccccn1. The number of ketones is 1. The highest BCUT2D eigenvalue weighted by atomic mass is 16.2. The lowest BCUT2D eigenvalue weighted by atomic mass is 10.0. The van der Waals surface area contributed by atoms with Crippen LogP contribution in [0, 0.1) is 0 Å². The van der Waals surface area contributed by atoms with E-state index in [1.807, 2.05) is 0 Å². The van der Waals surface area contributed by atoms with Gasteiger partial charge in [-0.05, 0) is 23.8 Å². The number of H-pyrrole nitrogens is 1. The molecule has 3 aromatic heterocycles. The molecule has 3 aromatic rings. The number of primary amides is 1. The predicted octanol–water partition coefficient (Wildman–Crippen LogP) is 0.206. The average molecular weight is 366 g/mol. The van der Waals surface area contributed by atoms with Crippen LogP contribution >= 0.6 is 0 Å². The molecule has 9 heteroatoms. The molecule has 0 aliphatic carbocycles. The maximum atomic E-state index is 12.8. The number of hydrogen-bond donors (Lipinski definition) is 3. The number of nitrogens with zero attached hydrogens (tertiary/aromatic N) is 3. The van der Waals surface area contributed by atoms with Crippen LogP contribution in [0.15, 0.2) is 49.1 Å². The standard InChI is InChI=1S/C18H18N6O3/c1-24-15(13-4-2-3-6-21-13)12(10-22-24)18(27)23-14(16(25)17(19)26)8-11-5-7-20-9-11/h2-7,9-10,14,20H,8H2,1H3,(H2,19,26)(H,23,27). The van der Waals surface area contributed by atoms with Gasteiger partial charge in [0.2, 0.25) is 5.78 Å². The van der Waals surface area contributed by atoms with Gasteiger partial charge in [-0.25, -0.2) is 0 Å². The van der Waals surface area contributed by atoms with Gasteiger partial charge in [-0.3, -0.25) is 24.0 Å². The third-order valence-electron chi connectivity index (χ3n) is 4.06. The maximum absolute atomic E-state index is 12.8. The molecule has 0 bridgehead atoms. The van der Waals surface area contributed by atoms with Crippen molar-refractivity contribution in [1.82, 2.24) is 25.1 Å². The number of aryl methyl sites for hydroxylation is 1. The van der Waals surface area contributed by atoms with Crippen molar-refractivity contribution in [3.8, 4) is 11.4 Å². The third kappa shape index (κ3) is 3.92. The number of aromatic nitrogens is 4. The number of aromatic amines is 1. The minimum absolute atomic E-state index is 0.135. The van der Waals surface area contributed by atoms with E-state index in [-0.39, 0.29) is 12.0 Å². The minimum atomic E-state index is -1.10. The van der Waals surface area contributed by atoms with Crippen LogP contribution in [0.3, 0.4) is 0 Å². The molecule has 27 heavy (non-hydrogen) atoms. The summed E-state index contributed by atoms with van der Waals surface area (Å²) in [7, 11) is 1.69. The monoisotopic (exact) mass is 366 g/mol. The highest BCUT2D eigenvalue weighted by molar-refractivity contribution is 6.38. The van der Waals surface area contributed by atoms with Gasteiger partial charge in [0.15, 0.2) is 0 Å². The van der Waals surface area contributed by atoms with Gasteiger partial charge >= 0.3 is 0 Å². The number of nitrogens with two attached hydrogens (primary N) is 1. The summed E-state index contributed by atoms with van der Waals surface area (Å²) in [5.74, 6) is -2.52. The molecule has 1 unspecified atom stereocenters. The van der Waals surface area contributed by atoms with Crippen molar-refractivity contribution in [3.63, 3.8) is 0 Å². The Labute approximate surface area is 154 Å². The van der Waals surface area contributed by atoms with Crippen LogP contribution in [-0.2, 0) is 23.1 Å². The number of carbonyl (C=O) groups is 3. The van der Waals surface area contributed by atoms with Crippen molar-refractivity contribution in [2.24, 2.45) is 12.8 Å². The van der Waals surface area contributed by atoms with Crippen LogP contribution < -0.4 is 11.1 Å². The van der Waals surface area contributed by atoms with E-state index in [0.717, 1.165) is 5.56 Å². The Morgan fingerprint density at radius 2 is 2.11 bits per heavy atom. The molecule has 0 fully saturated rings. The zero-order valence-electron chi connectivity index (χ0n) is 14.5. The summed E-state index contributed by atoms with van der Waals surface area (Å²) in [6, 6.07) is 5.97. The first-order chi connectivity index (χ1) is 13.0. The molecule has 0 aliphatic heterocycles. The summed E-state index contributed by atoms with van der Waals surface area (Å²) in [6.07, 6.45) is 6.49. The van der Waals surface area contributed by atoms with Gasteiger partial charge in [-0.2, -0.15) is 5.10 Å². The van der Waals surface area contributed by atoms with E-state index in [0.29, 0.717) is 11.4 Å². The Bertz CT molecular complexity index is 962. The average Bonchev–Trinajstić information content (AvgIpc) is 3.30. The zero-order chi connectivity index (χ0) is 19.4. The minimum Gasteiger partial charge on any atom is -0.367 e. The fourth-order valence-electron chi connectivity index (χ4n) is 2.75. The highest BCUT2D eigenvalue weighted by Crippen LogP contribution is 2.21. The number of nitrogens with one attached hydrogen (secondary N) is 2. The summed E-state index contributed by atoms with van der Waals surface area (Å²) in [6.45, 7) is 0. The van der Waals surface area contributed by atoms with Crippen LogP contribution in [0.1, 0.15) is 15.9 Å². The van der Waals surface area contributed by atoms with Gasteiger partial charge in [0.25, 0.3) is 11.8 Å². The summed E-state index contributed by atoms with van der Waals surface area (Å²) < 4.78 is 1.52. The Balaban J connectivity index is 1.88. The molecule has 138 valence electrons. The molecule has 0 radical (unpaired) electrons. The molecular weight excluding hydrogens is 348 g/mol. The van der Waals surface area contributed by atoms with Crippen LogP contribution in [0.25, 0.3) is 11.4 Å². The van der Waals surface area contributed by atoms with E-state index in [2.05, 4.69) is 20.4 Å². The van der Waals surface area contributed by atoms with Crippen molar-refractivity contribution in [2.75, 3.05) is 0 Å². The molecule has 0 saturated heterocycles. The second kappa shape index (κ2) is 7.65. The molecule has 0 saturated carbocycles. The Morgan fingerprint density at radius 3 is 2.74 bits per heavy atom. The first-order valence-corrected chi connectivity index (χ1v) is 8.17. The molecule has 9 nitrogen and oxygen atoms in total. The van der Waals surface area contributed by atoms with Gasteiger partial charge in [-0.1, -0.05) is 6.07 Å². The molecule has 0 aliphatic rings. The molecular formula is C18H18N6O3. The van der Waals surface area contributed by atoms with Crippen molar-refractivity contribution in [1.29, 1.82) is 0 Å². The molecule has 0 aromatic carbocycles. The number of pyridine rings is 1. The van der Waals surface area contributed by atoms with E-state index in [1.54, 1.807) is 49.9 Å². The van der Waals surface area contributed by atoms with Crippen molar-refractivity contribution in [3.05, 3.63) is 60.2 Å². The van der Waals surface area contributed by atoms with Crippen LogP contribution in [0.4, 0.5) is 0 Å². The summed E-state index contributed by atoms with van der Waals surface area (Å²) >= 11 is 0. The number of Topliss-reactive ketones (excluding diaryl/α,β-unsaturated/α-hetero) is 1. The van der Waals surface area contributed by atoms with Crippen molar-refractivity contribution >= 4 is 17.6 Å². The normalized spacial score (nSPS) is 11.7. The van der Waals surface area contributed by atoms with E-state index in [1.165, 1.54) is 10.9 Å². The largest absolute Gasteiger partial charge is 0.367 e. The van der Waals surface area contributed by atoms with Crippen LogP contribution in [0.5, 0.6) is 0 Å². The summed E-state index contributed by atoms with van der Waals surface area (Å²) in [5, 5.41) is 6.70. The highest BCUT2D eigenvalue weighted by Gasteiger charge is 2.28. The van der Waals surface area contributed by atoms with E-state index >= 15 is 0 Å². The summed E-state index contributed by atoms with van der Waals surface area (Å²) in [4.78, 5) is 43.4. The maximum Gasteiger partial charge on any atom is 0.287 e. The molecule has 4 N–H and O–H groups in total. The lowest BCUT2D eigenvalue weighted by Gasteiger charge is -2.16. The third-order valence-corrected chi connectivity index (χ3v) is 4.06. The zero-order valence-corrected chi connectivity index (χ0v) is 14.5. The second-order valence-corrected chi connectivity index (χ2v) is 5.92. The number of rotatable bonds is 7. The topological polar surface area (TPSA) is 136 Å². The van der Waals surface area contributed by atoms with Crippen LogP contribution in [-0.4, -0.2) is 43.4 Å². The summed E-state index contributed by atoms with van der Waals surface area (Å²) in [5.41, 5.74) is 7.19. The molecule has 1 atom stereocenters. The van der Waals surface area contributed by atoms with Crippen molar-refractivity contribution < 1.29 is 14.4 Å². The lowest BCUT2D eigenvalue weighted by Crippen LogP contribution is -2.47. The van der Waals surface area contributed by atoms with E-state index in [4.69, 9.17) is 5.73 Å². The number of carbonyl (C=O) groups excluding carboxylic acids is 3. The number of amides is 2. The molecule has 2 amide bonds. The first kappa shape index (κ1) is 18.1. The van der Waals surface area contributed by atoms with Crippen LogP contribution in [0.2, 0.25) is 0 Å². The smallest absolute Gasteiger partial charge is 0.287 e. The fraction of sp³-hybridized carbons (Fsp3) is 0.167. The fourth-order valence-corrected chi connectivity index (χ4v) is 2.75. The molecule has 3 rings (SSSR count).